The van der Waals surface area contributed by atoms with Crippen molar-refractivity contribution in [2.45, 2.75) is 13.5 Å². The van der Waals surface area contributed by atoms with Gasteiger partial charge in [0.25, 0.3) is 5.91 Å². The van der Waals surface area contributed by atoms with Crippen molar-refractivity contribution in [3.8, 4) is 5.75 Å². The van der Waals surface area contributed by atoms with Crippen LogP contribution in [0.4, 0.5) is 5.69 Å². The number of aryl methyl sites for hydroxylation is 1. The number of phenolic OH excluding ortho intramolecular Hbond substituents is 1. The van der Waals surface area contributed by atoms with Crippen LogP contribution in [-0.2, 0) is 16.1 Å². The van der Waals surface area contributed by atoms with Gasteiger partial charge in [0, 0.05) is 26.3 Å². The van der Waals surface area contributed by atoms with E-state index in [4.69, 9.17) is 4.74 Å². The molecule has 1 amide bonds. The van der Waals surface area contributed by atoms with Gasteiger partial charge in [0.2, 0.25) is 0 Å². The zero-order valence-electron chi connectivity index (χ0n) is 14.6. The summed E-state index contributed by atoms with van der Waals surface area (Å²) in [5.74, 6) is -1.27. The quantitative estimate of drug-likeness (QED) is 0.787. The number of nitrogens with zero attached hydrogens (tertiary/aromatic N) is 1. The van der Waals surface area contributed by atoms with E-state index in [2.05, 4.69) is 5.32 Å². The van der Waals surface area contributed by atoms with Crippen LogP contribution >= 0.6 is 0 Å². The summed E-state index contributed by atoms with van der Waals surface area (Å²) in [7, 11) is 3.91. The van der Waals surface area contributed by atoms with Gasteiger partial charge < -0.3 is 20.1 Å². The summed E-state index contributed by atoms with van der Waals surface area (Å²) in [6.45, 7) is 1.63. The number of benzene rings is 2. The molecule has 0 unspecified atom stereocenters. The van der Waals surface area contributed by atoms with Crippen LogP contribution in [0, 0.1) is 6.92 Å². The highest BCUT2D eigenvalue weighted by Crippen LogP contribution is 2.22. The highest BCUT2D eigenvalue weighted by atomic mass is 16.5. The molecule has 0 aliphatic carbocycles. The highest BCUT2D eigenvalue weighted by molar-refractivity contribution is 5.94. The molecule has 0 saturated heterocycles. The summed E-state index contributed by atoms with van der Waals surface area (Å²) < 4.78 is 4.95. The van der Waals surface area contributed by atoms with Crippen LogP contribution in [0.5, 0.6) is 5.75 Å². The maximum atomic E-state index is 11.9. The third-order valence-corrected chi connectivity index (χ3v) is 3.73. The number of hydrogen-bond acceptors (Lipinski definition) is 5. The zero-order chi connectivity index (χ0) is 18.4. The smallest absolute Gasteiger partial charge is 0.342 e. The Hall–Kier alpha value is -3.02. The number of carbonyl (C=O) groups is 2. The van der Waals surface area contributed by atoms with Crippen molar-refractivity contribution in [3.63, 3.8) is 0 Å². The van der Waals surface area contributed by atoms with Crippen molar-refractivity contribution in [2.24, 2.45) is 0 Å². The Morgan fingerprint density at radius 3 is 2.44 bits per heavy atom. The molecular weight excluding hydrogens is 320 g/mol. The van der Waals surface area contributed by atoms with Crippen molar-refractivity contribution in [1.82, 2.24) is 5.32 Å². The molecule has 0 fully saturated rings. The predicted molar refractivity (Wildman–Crippen MR) is 95.7 cm³/mol. The summed E-state index contributed by atoms with van der Waals surface area (Å²) in [6.07, 6.45) is 0. The maximum absolute atomic E-state index is 11.9. The van der Waals surface area contributed by atoms with Gasteiger partial charge in [-0.3, -0.25) is 4.79 Å². The van der Waals surface area contributed by atoms with E-state index in [0.717, 1.165) is 11.3 Å². The molecule has 6 heteroatoms. The second-order valence-electron chi connectivity index (χ2n) is 5.88. The molecule has 0 aliphatic heterocycles. The number of anilines is 1. The largest absolute Gasteiger partial charge is 0.507 e. The van der Waals surface area contributed by atoms with Gasteiger partial charge >= 0.3 is 5.97 Å². The van der Waals surface area contributed by atoms with E-state index in [9.17, 15) is 14.7 Å². The molecule has 0 spiro atoms. The number of aromatic hydroxyl groups is 1. The van der Waals surface area contributed by atoms with E-state index in [-0.39, 0.29) is 11.3 Å². The summed E-state index contributed by atoms with van der Waals surface area (Å²) in [6, 6.07) is 12.5. The normalized spacial score (nSPS) is 10.2. The zero-order valence-corrected chi connectivity index (χ0v) is 14.6. The fourth-order valence-corrected chi connectivity index (χ4v) is 2.20. The number of carbonyl (C=O) groups excluding carboxylic acids is 2. The number of nitrogens with one attached hydrogen (secondary N) is 1. The monoisotopic (exact) mass is 342 g/mol. The SMILES string of the molecule is Cc1cccc(C(=O)OCC(=O)NCc2ccc(N(C)C)cc2)c1O. The number of para-hydroxylation sites is 1. The molecule has 6 nitrogen and oxygen atoms in total. The van der Waals surface area contributed by atoms with Crippen molar-refractivity contribution in [3.05, 3.63) is 59.2 Å². The first kappa shape index (κ1) is 18.3. The Morgan fingerprint density at radius 1 is 1.12 bits per heavy atom. The maximum Gasteiger partial charge on any atom is 0.342 e. The Labute approximate surface area is 147 Å². The molecule has 25 heavy (non-hydrogen) atoms. The molecule has 0 saturated carbocycles. The van der Waals surface area contributed by atoms with Crippen molar-refractivity contribution in [2.75, 3.05) is 25.6 Å². The topological polar surface area (TPSA) is 78.9 Å². The minimum absolute atomic E-state index is 0.0482. The van der Waals surface area contributed by atoms with Gasteiger partial charge in [0.05, 0.1) is 0 Å². The van der Waals surface area contributed by atoms with Crippen LogP contribution in [0.1, 0.15) is 21.5 Å². The Balaban J connectivity index is 1.82. The number of hydrogen-bond donors (Lipinski definition) is 2. The average Bonchev–Trinajstić information content (AvgIpc) is 2.60. The van der Waals surface area contributed by atoms with Crippen LogP contribution in [0.15, 0.2) is 42.5 Å². The summed E-state index contributed by atoms with van der Waals surface area (Å²) in [5.41, 5.74) is 2.63. The fourth-order valence-electron chi connectivity index (χ4n) is 2.20. The molecule has 0 aliphatic rings. The van der Waals surface area contributed by atoms with E-state index in [1.807, 2.05) is 43.3 Å². The van der Waals surface area contributed by atoms with Crippen LogP contribution in [0.3, 0.4) is 0 Å². The van der Waals surface area contributed by atoms with Gasteiger partial charge in [0.1, 0.15) is 11.3 Å². The molecule has 2 aromatic carbocycles. The number of amides is 1. The van der Waals surface area contributed by atoms with Crippen LogP contribution in [-0.4, -0.2) is 37.7 Å². The van der Waals surface area contributed by atoms with Crippen molar-refractivity contribution < 1.29 is 19.4 Å². The lowest BCUT2D eigenvalue weighted by Crippen LogP contribution is -2.28. The lowest BCUT2D eigenvalue weighted by molar-refractivity contribution is -0.124. The number of phenols is 1. The fraction of sp³-hybridized carbons (Fsp3) is 0.263. The summed E-state index contributed by atoms with van der Waals surface area (Å²) in [4.78, 5) is 25.7. The van der Waals surface area contributed by atoms with Crippen LogP contribution in [0.2, 0.25) is 0 Å². The Kier molecular flexibility index (Phi) is 6.00. The molecule has 2 N–H and O–H groups in total. The summed E-state index contributed by atoms with van der Waals surface area (Å²) >= 11 is 0. The van der Waals surface area contributed by atoms with E-state index in [1.54, 1.807) is 19.1 Å². The minimum Gasteiger partial charge on any atom is -0.507 e. The number of ether oxygens (including phenoxy) is 1. The standard InChI is InChI=1S/C19H22N2O4/c1-13-5-4-6-16(18(13)23)19(24)25-12-17(22)20-11-14-7-9-15(10-8-14)21(2)3/h4-10,23H,11-12H2,1-3H3,(H,20,22). The minimum atomic E-state index is -0.730. The first-order chi connectivity index (χ1) is 11.9. The molecule has 2 aromatic rings. The van der Waals surface area contributed by atoms with E-state index < -0.39 is 18.5 Å². The molecule has 132 valence electrons. The molecule has 0 heterocycles. The first-order valence-corrected chi connectivity index (χ1v) is 7.87. The average molecular weight is 342 g/mol. The lowest BCUT2D eigenvalue weighted by atomic mass is 10.1. The summed E-state index contributed by atoms with van der Waals surface area (Å²) in [5, 5.41) is 12.5. The van der Waals surface area contributed by atoms with Crippen LogP contribution < -0.4 is 10.2 Å². The molecule has 0 aromatic heterocycles. The Morgan fingerprint density at radius 2 is 1.80 bits per heavy atom. The van der Waals surface area contributed by atoms with Gasteiger partial charge in [-0.15, -0.1) is 0 Å². The molecule has 0 atom stereocenters. The van der Waals surface area contributed by atoms with Gasteiger partial charge in [-0.2, -0.15) is 0 Å². The Bertz CT molecular complexity index is 755. The van der Waals surface area contributed by atoms with E-state index in [1.165, 1.54) is 6.07 Å². The van der Waals surface area contributed by atoms with E-state index >= 15 is 0 Å². The third kappa shape index (κ3) is 4.97. The van der Waals surface area contributed by atoms with Crippen molar-refractivity contribution in [1.29, 1.82) is 0 Å². The third-order valence-electron chi connectivity index (χ3n) is 3.73. The van der Waals surface area contributed by atoms with Crippen molar-refractivity contribution >= 4 is 17.6 Å². The van der Waals surface area contributed by atoms with Gasteiger partial charge in [-0.25, -0.2) is 4.79 Å². The lowest BCUT2D eigenvalue weighted by Gasteiger charge is -2.13. The first-order valence-electron chi connectivity index (χ1n) is 7.87. The molecule has 0 bridgehead atoms. The van der Waals surface area contributed by atoms with Crippen LogP contribution in [0.25, 0.3) is 0 Å². The van der Waals surface area contributed by atoms with Gasteiger partial charge in [-0.05, 0) is 36.2 Å². The molecular formula is C19H22N2O4. The van der Waals surface area contributed by atoms with Gasteiger partial charge in [-0.1, -0.05) is 24.3 Å². The van der Waals surface area contributed by atoms with Gasteiger partial charge in [0.15, 0.2) is 6.61 Å². The number of esters is 1. The second kappa shape index (κ2) is 8.19. The van der Waals surface area contributed by atoms with E-state index in [0.29, 0.717) is 12.1 Å². The number of rotatable bonds is 6. The highest BCUT2D eigenvalue weighted by Gasteiger charge is 2.15. The molecule has 2 rings (SSSR count). The predicted octanol–water partition coefficient (Wildman–Crippen LogP) is 2.24. The molecule has 0 radical (unpaired) electrons. The second-order valence-corrected chi connectivity index (χ2v) is 5.88.